The van der Waals surface area contributed by atoms with Crippen LogP contribution in [-0.4, -0.2) is 47.0 Å². The van der Waals surface area contributed by atoms with Crippen molar-refractivity contribution in [3.8, 4) is 5.75 Å². The molecule has 1 aromatic carbocycles. The van der Waals surface area contributed by atoms with Gasteiger partial charge in [-0.3, -0.25) is 0 Å². The minimum atomic E-state index is -0.288. The van der Waals surface area contributed by atoms with E-state index in [4.69, 9.17) is 13.9 Å². The Morgan fingerprint density at radius 1 is 1.23 bits per heavy atom. The fourth-order valence-electron chi connectivity index (χ4n) is 3.07. The van der Waals surface area contributed by atoms with E-state index in [0.717, 1.165) is 22.5 Å². The zero-order chi connectivity index (χ0) is 18.1. The maximum absolute atomic E-state index is 5.86. The van der Waals surface area contributed by atoms with E-state index in [9.17, 15) is 0 Å². The zero-order valence-electron chi connectivity index (χ0n) is 15.0. The Labute approximate surface area is 151 Å². The van der Waals surface area contributed by atoms with Gasteiger partial charge in [-0.05, 0) is 12.1 Å². The van der Waals surface area contributed by atoms with Gasteiger partial charge in [-0.15, -0.1) is 10.2 Å². The smallest absolute Gasteiger partial charge is 0.247 e. The molecule has 4 rings (SSSR count). The van der Waals surface area contributed by atoms with Crippen LogP contribution in [0.25, 0.3) is 10.9 Å². The first kappa shape index (κ1) is 16.7. The summed E-state index contributed by atoms with van der Waals surface area (Å²) in [6.45, 7) is 5.87. The molecule has 8 heteroatoms. The highest BCUT2D eigenvalue weighted by Gasteiger charge is 2.29. The van der Waals surface area contributed by atoms with Crippen LogP contribution in [0.4, 0.5) is 5.82 Å². The third-order valence-corrected chi connectivity index (χ3v) is 4.42. The van der Waals surface area contributed by atoms with Crippen LogP contribution in [0.3, 0.4) is 0 Å². The highest BCUT2D eigenvalue weighted by Crippen LogP contribution is 2.34. The number of fused-ring (bicyclic) bond motifs is 1. The normalized spacial score (nSPS) is 17.8. The van der Waals surface area contributed by atoms with E-state index in [0.29, 0.717) is 31.5 Å². The van der Waals surface area contributed by atoms with Gasteiger partial charge in [0.05, 0.1) is 31.2 Å². The molecule has 1 fully saturated rings. The quantitative estimate of drug-likeness (QED) is 0.706. The Kier molecular flexibility index (Phi) is 4.42. The predicted molar refractivity (Wildman–Crippen MR) is 95.4 cm³/mol. The first-order valence-electron chi connectivity index (χ1n) is 8.65. The van der Waals surface area contributed by atoms with Gasteiger partial charge < -0.3 is 18.8 Å². The van der Waals surface area contributed by atoms with Gasteiger partial charge in [0.25, 0.3) is 0 Å². The summed E-state index contributed by atoms with van der Waals surface area (Å²) in [6.07, 6.45) is 1.29. The molecule has 0 spiro atoms. The molecular formula is C18H21N5O3. The monoisotopic (exact) mass is 355 g/mol. The summed E-state index contributed by atoms with van der Waals surface area (Å²) in [7, 11) is 1.65. The van der Waals surface area contributed by atoms with E-state index in [1.807, 2.05) is 32.0 Å². The number of ether oxygens (including phenoxy) is 2. The second kappa shape index (κ2) is 6.87. The van der Waals surface area contributed by atoms with Crippen LogP contribution in [0.5, 0.6) is 5.75 Å². The summed E-state index contributed by atoms with van der Waals surface area (Å²) in [6, 6.07) is 5.79. The van der Waals surface area contributed by atoms with Gasteiger partial charge in [0.15, 0.2) is 6.10 Å². The summed E-state index contributed by atoms with van der Waals surface area (Å²) < 4.78 is 17.2. The number of methoxy groups -OCH3 is 1. The van der Waals surface area contributed by atoms with Gasteiger partial charge in [-0.25, -0.2) is 9.97 Å². The van der Waals surface area contributed by atoms with E-state index in [1.54, 1.807) is 13.4 Å². The molecule has 1 saturated heterocycles. The Bertz CT molecular complexity index is 905. The van der Waals surface area contributed by atoms with E-state index >= 15 is 0 Å². The first-order valence-corrected chi connectivity index (χ1v) is 8.65. The zero-order valence-corrected chi connectivity index (χ0v) is 15.0. The average molecular weight is 355 g/mol. The Morgan fingerprint density at radius 3 is 2.88 bits per heavy atom. The van der Waals surface area contributed by atoms with Crippen molar-refractivity contribution in [1.29, 1.82) is 0 Å². The van der Waals surface area contributed by atoms with Gasteiger partial charge in [0.2, 0.25) is 11.8 Å². The van der Waals surface area contributed by atoms with Crippen LogP contribution in [0, 0.1) is 0 Å². The molecule has 0 N–H and O–H groups in total. The number of rotatable bonds is 4. The number of hydrogen-bond donors (Lipinski definition) is 0. The maximum atomic E-state index is 5.86. The van der Waals surface area contributed by atoms with Gasteiger partial charge in [-0.2, -0.15) is 0 Å². The summed E-state index contributed by atoms with van der Waals surface area (Å²) in [5.41, 5.74) is 0.845. The van der Waals surface area contributed by atoms with Crippen molar-refractivity contribution in [3.05, 3.63) is 36.3 Å². The number of morpholine rings is 1. The molecule has 1 aliphatic heterocycles. The number of benzene rings is 1. The fourth-order valence-corrected chi connectivity index (χ4v) is 3.07. The molecule has 8 nitrogen and oxygen atoms in total. The molecular weight excluding hydrogens is 334 g/mol. The standard InChI is InChI=1S/C18H21N5O3/c1-11(2)17-21-22-18(26-17)14-9-23(7-8-25-14)16-15-12(19-10-20-16)5-4-6-13(15)24-3/h4-6,10-11,14H,7-9H2,1-3H3/t14-/m0/s1. The van der Waals surface area contributed by atoms with Crippen LogP contribution in [0.15, 0.2) is 28.9 Å². The molecule has 0 bridgehead atoms. The molecule has 1 aliphatic rings. The van der Waals surface area contributed by atoms with Crippen molar-refractivity contribution in [1.82, 2.24) is 20.2 Å². The summed E-state index contributed by atoms with van der Waals surface area (Å²) >= 11 is 0. The van der Waals surface area contributed by atoms with Crippen molar-refractivity contribution < 1.29 is 13.9 Å². The average Bonchev–Trinajstić information content (AvgIpc) is 3.18. The van der Waals surface area contributed by atoms with Gasteiger partial charge >= 0.3 is 0 Å². The van der Waals surface area contributed by atoms with Gasteiger partial charge in [0.1, 0.15) is 17.9 Å². The fraction of sp³-hybridized carbons (Fsp3) is 0.444. The van der Waals surface area contributed by atoms with Crippen molar-refractivity contribution >= 4 is 16.7 Å². The molecule has 0 radical (unpaired) electrons. The molecule has 26 heavy (non-hydrogen) atoms. The molecule has 3 aromatic rings. The third kappa shape index (κ3) is 2.96. The van der Waals surface area contributed by atoms with Crippen molar-refractivity contribution in [2.24, 2.45) is 0 Å². The summed E-state index contributed by atoms with van der Waals surface area (Å²) in [5, 5.41) is 9.16. The highest BCUT2D eigenvalue weighted by molar-refractivity contribution is 5.94. The molecule has 0 aliphatic carbocycles. The van der Waals surface area contributed by atoms with Gasteiger partial charge in [0, 0.05) is 12.5 Å². The molecule has 1 atom stereocenters. The Hall–Kier alpha value is -2.74. The molecule has 136 valence electrons. The lowest BCUT2D eigenvalue weighted by atomic mass is 10.2. The van der Waals surface area contributed by atoms with Crippen molar-refractivity contribution in [3.63, 3.8) is 0 Å². The van der Waals surface area contributed by atoms with Crippen molar-refractivity contribution in [2.75, 3.05) is 31.7 Å². The van der Waals surface area contributed by atoms with Crippen LogP contribution >= 0.6 is 0 Å². The lowest BCUT2D eigenvalue weighted by molar-refractivity contribution is 0.0212. The number of nitrogens with zero attached hydrogens (tertiary/aromatic N) is 5. The topological polar surface area (TPSA) is 86.4 Å². The summed E-state index contributed by atoms with van der Waals surface area (Å²) in [5.74, 6) is 2.88. The molecule has 2 aromatic heterocycles. The highest BCUT2D eigenvalue weighted by atomic mass is 16.5. The lowest BCUT2D eigenvalue weighted by Crippen LogP contribution is -2.39. The minimum absolute atomic E-state index is 0.186. The maximum Gasteiger partial charge on any atom is 0.247 e. The van der Waals surface area contributed by atoms with Crippen molar-refractivity contribution in [2.45, 2.75) is 25.9 Å². The molecule has 0 unspecified atom stereocenters. The third-order valence-electron chi connectivity index (χ3n) is 4.42. The van der Waals surface area contributed by atoms with E-state index in [-0.39, 0.29) is 12.0 Å². The first-order chi connectivity index (χ1) is 12.7. The Balaban J connectivity index is 1.67. The summed E-state index contributed by atoms with van der Waals surface area (Å²) in [4.78, 5) is 11.0. The van der Waals surface area contributed by atoms with E-state index in [1.165, 1.54) is 0 Å². The predicted octanol–water partition coefficient (Wildman–Crippen LogP) is 2.72. The van der Waals surface area contributed by atoms with Crippen LogP contribution < -0.4 is 9.64 Å². The SMILES string of the molecule is COc1cccc2ncnc(N3CCO[C@H](c4nnc(C(C)C)o4)C3)c12. The molecule has 3 heterocycles. The number of hydrogen-bond acceptors (Lipinski definition) is 8. The molecule has 0 saturated carbocycles. The largest absolute Gasteiger partial charge is 0.496 e. The van der Waals surface area contributed by atoms with E-state index in [2.05, 4.69) is 25.1 Å². The van der Waals surface area contributed by atoms with E-state index < -0.39 is 0 Å². The second-order valence-corrected chi connectivity index (χ2v) is 6.49. The minimum Gasteiger partial charge on any atom is -0.496 e. The Morgan fingerprint density at radius 2 is 2.12 bits per heavy atom. The lowest BCUT2D eigenvalue weighted by Gasteiger charge is -2.32. The van der Waals surface area contributed by atoms with Crippen LogP contribution in [0.2, 0.25) is 0 Å². The van der Waals surface area contributed by atoms with Crippen LogP contribution in [-0.2, 0) is 4.74 Å². The second-order valence-electron chi connectivity index (χ2n) is 6.49. The number of aromatic nitrogens is 4. The number of anilines is 1. The van der Waals surface area contributed by atoms with Gasteiger partial charge in [-0.1, -0.05) is 19.9 Å². The molecule has 0 amide bonds. The van der Waals surface area contributed by atoms with Crippen LogP contribution in [0.1, 0.15) is 37.7 Å².